The van der Waals surface area contributed by atoms with Crippen LogP contribution in [0.25, 0.3) is 0 Å². The Balaban J connectivity index is 1.90. The number of amidine groups is 1. The second-order valence-corrected chi connectivity index (χ2v) is 7.24. The molecule has 1 heterocycles. The Morgan fingerprint density at radius 1 is 1.35 bits per heavy atom. The third-order valence-corrected chi connectivity index (χ3v) is 5.44. The predicted molar refractivity (Wildman–Crippen MR) is 77.7 cm³/mol. The summed E-state index contributed by atoms with van der Waals surface area (Å²) in [6, 6.07) is 0.682. The van der Waals surface area contributed by atoms with E-state index in [9.17, 15) is 0 Å². The third-order valence-electron chi connectivity index (χ3n) is 3.99. The lowest BCUT2D eigenvalue weighted by atomic mass is 9.83. The quantitative estimate of drug-likeness (QED) is 0.813. The predicted octanol–water partition coefficient (Wildman–Crippen LogP) is 3.67. The summed E-state index contributed by atoms with van der Waals surface area (Å²) in [6.45, 7) is 7.90. The first-order chi connectivity index (χ1) is 8.11. The molecule has 17 heavy (non-hydrogen) atoms. The number of thioether (sulfide) groups is 1. The molecule has 98 valence electrons. The van der Waals surface area contributed by atoms with Gasteiger partial charge in [-0.05, 0) is 24.2 Å². The molecule has 0 saturated heterocycles. The first-order valence-electron chi connectivity index (χ1n) is 7.04. The number of hydrogen-bond acceptors (Lipinski definition) is 3. The standard InChI is InChI=1S/C14H26N2S/c1-4-11-7-5-6-8-12(11)16-13-15-9-14(2,3)10-17-13/h11-12H,4-10H2,1-3H3,(H,15,16). The molecule has 0 spiro atoms. The van der Waals surface area contributed by atoms with Gasteiger partial charge in [0.05, 0.1) is 0 Å². The van der Waals surface area contributed by atoms with E-state index < -0.39 is 0 Å². The van der Waals surface area contributed by atoms with Crippen LogP contribution in [0.15, 0.2) is 4.99 Å². The average Bonchev–Trinajstić information content (AvgIpc) is 2.32. The van der Waals surface area contributed by atoms with Crippen molar-refractivity contribution in [1.82, 2.24) is 5.32 Å². The summed E-state index contributed by atoms with van der Waals surface area (Å²) in [5.74, 6) is 2.06. The molecular weight excluding hydrogens is 228 g/mol. The van der Waals surface area contributed by atoms with Gasteiger partial charge in [-0.25, -0.2) is 0 Å². The molecule has 2 rings (SSSR count). The maximum absolute atomic E-state index is 4.71. The maximum atomic E-state index is 4.71. The molecule has 0 amide bonds. The van der Waals surface area contributed by atoms with Crippen LogP contribution < -0.4 is 5.32 Å². The van der Waals surface area contributed by atoms with Crippen LogP contribution in [0.3, 0.4) is 0 Å². The Morgan fingerprint density at radius 2 is 2.12 bits per heavy atom. The highest BCUT2D eigenvalue weighted by Crippen LogP contribution is 2.30. The molecule has 0 aromatic rings. The van der Waals surface area contributed by atoms with Gasteiger partial charge in [-0.3, -0.25) is 4.99 Å². The van der Waals surface area contributed by atoms with E-state index in [1.165, 1.54) is 43.0 Å². The first-order valence-corrected chi connectivity index (χ1v) is 8.03. The Bertz CT molecular complexity index is 286. The topological polar surface area (TPSA) is 24.4 Å². The van der Waals surface area contributed by atoms with Gasteiger partial charge in [-0.15, -0.1) is 0 Å². The molecule has 1 saturated carbocycles. The second kappa shape index (κ2) is 5.64. The summed E-state index contributed by atoms with van der Waals surface area (Å²) in [5, 5.41) is 4.91. The van der Waals surface area contributed by atoms with Crippen LogP contribution in [0, 0.1) is 11.3 Å². The average molecular weight is 254 g/mol. The summed E-state index contributed by atoms with van der Waals surface area (Å²) in [6.07, 6.45) is 6.85. The number of aliphatic imine (C=N–C) groups is 1. The lowest BCUT2D eigenvalue weighted by Crippen LogP contribution is -2.43. The molecule has 1 fully saturated rings. The van der Waals surface area contributed by atoms with Gasteiger partial charge in [0.25, 0.3) is 0 Å². The Labute approximate surface area is 110 Å². The van der Waals surface area contributed by atoms with E-state index in [0.29, 0.717) is 11.5 Å². The van der Waals surface area contributed by atoms with Crippen molar-refractivity contribution in [1.29, 1.82) is 0 Å². The minimum absolute atomic E-state index is 0.382. The number of nitrogens with zero attached hydrogens (tertiary/aromatic N) is 1. The van der Waals surface area contributed by atoms with Crippen LogP contribution in [0.1, 0.15) is 52.9 Å². The van der Waals surface area contributed by atoms with E-state index in [1.807, 2.05) is 11.8 Å². The van der Waals surface area contributed by atoms with E-state index in [4.69, 9.17) is 4.99 Å². The fourth-order valence-electron chi connectivity index (χ4n) is 2.77. The molecule has 0 bridgehead atoms. The molecule has 2 nitrogen and oxygen atoms in total. The van der Waals surface area contributed by atoms with Gasteiger partial charge in [-0.1, -0.05) is 51.8 Å². The third kappa shape index (κ3) is 3.64. The van der Waals surface area contributed by atoms with Crippen LogP contribution >= 0.6 is 11.8 Å². The number of hydrogen-bond donors (Lipinski definition) is 1. The summed E-state index contributed by atoms with van der Waals surface area (Å²) in [5.41, 5.74) is 0.382. The highest BCUT2D eigenvalue weighted by atomic mass is 32.2. The van der Waals surface area contributed by atoms with Gasteiger partial charge in [0, 0.05) is 18.3 Å². The molecule has 1 aliphatic carbocycles. The van der Waals surface area contributed by atoms with E-state index in [0.717, 1.165) is 12.5 Å². The Kier molecular flexibility index (Phi) is 4.40. The SMILES string of the molecule is CCC1CCCCC1NC1=NCC(C)(C)CS1. The fourth-order valence-corrected chi connectivity index (χ4v) is 3.78. The van der Waals surface area contributed by atoms with Crippen LogP contribution in [-0.2, 0) is 0 Å². The molecule has 1 N–H and O–H groups in total. The van der Waals surface area contributed by atoms with E-state index >= 15 is 0 Å². The first kappa shape index (κ1) is 13.3. The highest BCUT2D eigenvalue weighted by Gasteiger charge is 2.28. The van der Waals surface area contributed by atoms with Gasteiger partial charge >= 0.3 is 0 Å². The summed E-state index contributed by atoms with van der Waals surface area (Å²) >= 11 is 1.92. The lowest BCUT2D eigenvalue weighted by Gasteiger charge is -2.34. The van der Waals surface area contributed by atoms with Crippen LogP contribution in [-0.4, -0.2) is 23.5 Å². The molecule has 2 aliphatic rings. The monoisotopic (exact) mass is 254 g/mol. The minimum Gasteiger partial charge on any atom is -0.362 e. The smallest absolute Gasteiger partial charge is 0.156 e. The minimum atomic E-state index is 0.382. The van der Waals surface area contributed by atoms with Gasteiger partial charge < -0.3 is 5.32 Å². The zero-order valence-electron chi connectivity index (χ0n) is 11.5. The van der Waals surface area contributed by atoms with Gasteiger partial charge in [-0.2, -0.15) is 0 Å². The molecule has 1 aliphatic heterocycles. The van der Waals surface area contributed by atoms with Crippen molar-refractivity contribution in [3.05, 3.63) is 0 Å². The fraction of sp³-hybridized carbons (Fsp3) is 0.929. The van der Waals surface area contributed by atoms with Gasteiger partial charge in [0.2, 0.25) is 0 Å². The lowest BCUT2D eigenvalue weighted by molar-refractivity contribution is 0.280. The highest BCUT2D eigenvalue weighted by molar-refractivity contribution is 8.13. The van der Waals surface area contributed by atoms with Crippen LogP contribution in [0.5, 0.6) is 0 Å². The number of rotatable bonds is 2. The Hall–Kier alpha value is -0.180. The largest absolute Gasteiger partial charge is 0.362 e. The van der Waals surface area contributed by atoms with Crippen molar-refractivity contribution < 1.29 is 0 Å². The van der Waals surface area contributed by atoms with Gasteiger partial charge in [0.1, 0.15) is 0 Å². The molecule has 0 aromatic heterocycles. The second-order valence-electron chi connectivity index (χ2n) is 6.28. The van der Waals surface area contributed by atoms with Gasteiger partial charge in [0.15, 0.2) is 5.17 Å². The normalized spacial score (nSPS) is 33.0. The van der Waals surface area contributed by atoms with Crippen molar-refractivity contribution >= 4 is 16.9 Å². The molecular formula is C14H26N2S. The Morgan fingerprint density at radius 3 is 2.76 bits per heavy atom. The molecule has 2 unspecified atom stereocenters. The zero-order chi connectivity index (χ0) is 12.3. The summed E-state index contributed by atoms with van der Waals surface area (Å²) < 4.78 is 0. The summed E-state index contributed by atoms with van der Waals surface area (Å²) in [4.78, 5) is 4.71. The van der Waals surface area contributed by atoms with Crippen molar-refractivity contribution in [2.45, 2.75) is 58.9 Å². The van der Waals surface area contributed by atoms with E-state index in [-0.39, 0.29) is 0 Å². The maximum Gasteiger partial charge on any atom is 0.156 e. The van der Waals surface area contributed by atoms with E-state index in [2.05, 4.69) is 26.1 Å². The molecule has 2 atom stereocenters. The van der Waals surface area contributed by atoms with E-state index in [1.54, 1.807) is 0 Å². The van der Waals surface area contributed by atoms with Crippen molar-refractivity contribution in [3.63, 3.8) is 0 Å². The molecule has 3 heteroatoms. The summed E-state index contributed by atoms with van der Waals surface area (Å²) in [7, 11) is 0. The molecule has 0 aromatic carbocycles. The van der Waals surface area contributed by atoms with Crippen LogP contribution in [0.2, 0.25) is 0 Å². The van der Waals surface area contributed by atoms with Crippen LogP contribution in [0.4, 0.5) is 0 Å². The number of nitrogens with one attached hydrogen (secondary N) is 1. The molecule has 0 radical (unpaired) electrons. The van der Waals surface area contributed by atoms with Crippen molar-refractivity contribution in [2.75, 3.05) is 12.3 Å². The zero-order valence-corrected chi connectivity index (χ0v) is 12.3. The van der Waals surface area contributed by atoms with Crippen molar-refractivity contribution in [2.24, 2.45) is 16.3 Å². The van der Waals surface area contributed by atoms with Crippen molar-refractivity contribution in [3.8, 4) is 0 Å².